The number of ether oxygens (including phenoxy) is 2. The Kier molecular flexibility index (Phi) is 5.84. The van der Waals surface area contributed by atoms with Crippen LogP contribution in [0.1, 0.15) is 17.3 Å². The van der Waals surface area contributed by atoms with Crippen molar-refractivity contribution in [1.82, 2.24) is 0 Å². The number of nitrogens with one attached hydrogen (secondary N) is 1. The van der Waals surface area contributed by atoms with Crippen molar-refractivity contribution >= 4 is 23.3 Å². The van der Waals surface area contributed by atoms with Gasteiger partial charge < -0.3 is 14.8 Å². The summed E-state index contributed by atoms with van der Waals surface area (Å²) in [7, 11) is 1.28. The van der Waals surface area contributed by atoms with E-state index in [1.54, 1.807) is 0 Å². The van der Waals surface area contributed by atoms with Crippen LogP contribution in [-0.2, 0) is 9.53 Å². The second-order valence-corrected chi connectivity index (χ2v) is 5.16. The van der Waals surface area contributed by atoms with Gasteiger partial charge in [0.25, 0.3) is 11.6 Å². The number of nitrogens with zero attached hydrogens (tertiary/aromatic N) is 1. The normalized spacial score (nSPS) is 11.3. The molecule has 1 atom stereocenters. The van der Waals surface area contributed by atoms with Crippen LogP contribution in [0.5, 0.6) is 5.75 Å². The second kappa shape index (κ2) is 8.06. The van der Waals surface area contributed by atoms with Gasteiger partial charge in [-0.25, -0.2) is 9.18 Å². The second-order valence-electron chi connectivity index (χ2n) is 5.16. The summed E-state index contributed by atoms with van der Waals surface area (Å²) in [4.78, 5) is 34.4. The third-order valence-corrected chi connectivity index (χ3v) is 3.40. The van der Waals surface area contributed by atoms with Crippen LogP contribution in [-0.4, -0.2) is 30.0 Å². The van der Waals surface area contributed by atoms with Gasteiger partial charge in [-0.05, 0) is 31.2 Å². The van der Waals surface area contributed by atoms with Crippen LogP contribution in [0.15, 0.2) is 42.5 Å². The van der Waals surface area contributed by atoms with Crippen LogP contribution in [0.3, 0.4) is 0 Å². The van der Waals surface area contributed by atoms with E-state index in [0.717, 1.165) is 6.07 Å². The molecule has 1 amide bonds. The van der Waals surface area contributed by atoms with E-state index in [1.807, 2.05) is 0 Å². The molecule has 1 N–H and O–H groups in total. The van der Waals surface area contributed by atoms with Crippen molar-refractivity contribution < 1.29 is 28.4 Å². The summed E-state index contributed by atoms with van der Waals surface area (Å²) in [6.45, 7) is 1.29. The minimum atomic E-state index is -1.26. The van der Waals surface area contributed by atoms with Crippen molar-refractivity contribution in [3.8, 4) is 5.75 Å². The number of carbonyl (C=O) groups excluding carboxylic acids is 2. The molecular formula is C17H15FN2O6. The van der Waals surface area contributed by atoms with E-state index in [2.05, 4.69) is 5.32 Å². The zero-order chi connectivity index (χ0) is 19.3. The first-order valence-corrected chi connectivity index (χ1v) is 7.42. The molecule has 0 aromatic heterocycles. The van der Waals surface area contributed by atoms with E-state index >= 15 is 0 Å². The molecule has 9 heteroatoms. The first-order valence-electron chi connectivity index (χ1n) is 7.42. The molecule has 0 bridgehead atoms. The molecule has 0 saturated heterocycles. The summed E-state index contributed by atoms with van der Waals surface area (Å²) in [6.07, 6.45) is -1.26. The monoisotopic (exact) mass is 362 g/mol. The number of nitro benzene ring substituents is 1. The van der Waals surface area contributed by atoms with Gasteiger partial charge in [-0.1, -0.05) is 12.1 Å². The average molecular weight is 362 g/mol. The minimum Gasteiger partial charge on any atom is -0.494 e. The maximum Gasteiger partial charge on any atom is 0.339 e. The highest BCUT2D eigenvalue weighted by molar-refractivity contribution is 5.98. The zero-order valence-corrected chi connectivity index (χ0v) is 13.9. The van der Waals surface area contributed by atoms with Gasteiger partial charge in [0.1, 0.15) is 5.69 Å². The highest BCUT2D eigenvalue weighted by Gasteiger charge is 2.22. The molecule has 0 fully saturated rings. The van der Waals surface area contributed by atoms with Gasteiger partial charge in [-0.2, -0.15) is 0 Å². The standard InChI is InChI=1S/C17H15FN2O6/c1-10(16(21)19-13-5-3-4-6-14(13)20(23)24)26-17(22)11-7-8-15(25-2)12(18)9-11/h3-10H,1-2H3,(H,19,21)/t10-/m1/s1. The summed E-state index contributed by atoms with van der Waals surface area (Å²) >= 11 is 0. The molecule has 0 radical (unpaired) electrons. The lowest BCUT2D eigenvalue weighted by molar-refractivity contribution is -0.383. The fraction of sp³-hybridized carbons (Fsp3) is 0.176. The molecule has 0 aliphatic rings. The third kappa shape index (κ3) is 4.32. The Morgan fingerprint density at radius 2 is 1.92 bits per heavy atom. The lowest BCUT2D eigenvalue weighted by atomic mass is 10.2. The molecule has 0 aliphatic heterocycles. The molecule has 8 nitrogen and oxygen atoms in total. The van der Waals surface area contributed by atoms with E-state index in [-0.39, 0.29) is 22.7 Å². The minimum absolute atomic E-state index is 0.0270. The first-order chi connectivity index (χ1) is 12.3. The van der Waals surface area contributed by atoms with E-state index in [0.29, 0.717) is 0 Å². The summed E-state index contributed by atoms with van der Waals surface area (Å²) < 4.78 is 23.4. The summed E-state index contributed by atoms with van der Waals surface area (Å²) in [5.41, 5.74) is -0.425. The van der Waals surface area contributed by atoms with E-state index in [9.17, 15) is 24.1 Å². The number of rotatable bonds is 6. The number of halogens is 1. The zero-order valence-electron chi connectivity index (χ0n) is 13.9. The van der Waals surface area contributed by atoms with E-state index in [1.165, 1.54) is 50.4 Å². The van der Waals surface area contributed by atoms with Gasteiger partial charge in [0, 0.05) is 6.07 Å². The van der Waals surface area contributed by atoms with Crippen LogP contribution in [0.4, 0.5) is 15.8 Å². The lowest BCUT2D eigenvalue weighted by Crippen LogP contribution is -2.30. The Morgan fingerprint density at radius 3 is 2.54 bits per heavy atom. The molecule has 0 unspecified atom stereocenters. The number of benzene rings is 2. The maximum atomic E-state index is 13.6. The largest absolute Gasteiger partial charge is 0.494 e. The molecular weight excluding hydrogens is 347 g/mol. The molecule has 136 valence electrons. The first kappa shape index (κ1) is 18.8. The predicted octanol–water partition coefficient (Wildman–Crippen LogP) is 2.93. The quantitative estimate of drug-likeness (QED) is 0.481. The van der Waals surface area contributed by atoms with Crippen LogP contribution in [0, 0.1) is 15.9 Å². The van der Waals surface area contributed by atoms with Crippen LogP contribution >= 0.6 is 0 Å². The summed E-state index contributed by atoms with van der Waals surface area (Å²) in [6, 6.07) is 9.01. The van der Waals surface area contributed by atoms with Crippen molar-refractivity contribution in [3.63, 3.8) is 0 Å². The van der Waals surface area contributed by atoms with Crippen molar-refractivity contribution in [2.24, 2.45) is 0 Å². The molecule has 2 aromatic carbocycles. The Hall–Kier alpha value is -3.49. The Bertz CT molecular complexity index is 855. The molecule has 0 aliphatic carbocycles. The Balaban J connectivity index is 2.06. The van der Waals surface area contributed by atoms with E-state index in [4.69, 9.17) is 9.47 Å². The number of anilines is 1. The number of hydrogen-bond donors (Lipinski definition) is 1. The van der Waals surface area contributed by atoms with Gasteiger partial charge in [0.2, 0.25) is 0 Å². The number of methoxy groups -OCH3 is 1. The topological polar surface area (TPSA) is 108 Å². The summed E-state index contributed by atoms with van der Waals surface area (Å²) in [5, 5.41) is 13.3. The Labute approximate surface area is 147 Å². The smallest absolute Gasteiger partial charge is 0.339 e. The number of amides is 1. The highest BCUT2D eigenvalue weighted by atomic mass is 19.1. The number of nitro groups is 1. The van der Waals surface area contributed by atoms with Gasteiger partial charge in [0.05, 0.1) is 17.6 Å². The predicted molar refractivity (Wildman–Crippen MR) is 89.6 cm³/mol. The number of para-hydroxylation sites is 2. The molecule has 0 saturated carbocycles. The van der Waals surface area contributed by atoms with Crippen LogP contribution in [0.25, 0.3) is 0 Å². The van der Waals surface area contributed by atoms with Crippen LogP contribution in [0.2, 0.25) is 0 Å². The highest BCUT2D eigenvalue weighted by Crippen LogP contribution is 2.23. The lowest BCUT2D eigenvalue weighted by Gasteiger charge is -2.14. The number of esters is 1. The molecule has 2 rings (SSSR count). The summed E-state index contributed by atoms with van der Waals surface area (Å²) in [5.74, 6) is -2.47. The fourth-order valence-electron chi connectivity index (χ4n) is 2.05. The molecule has 0 spiro atoms. The van der Waals surface area contributed by atoms with Crippen LogP contribution < -0.4 is 10.1 Å². The fourth-order valence-corrected chi connectivity index (χ4v) is 2.05. The maximum absolute atomic E-state index is 13.6. The average Bonchev–Trinajstić information content (AvgIpc) is 2.61. The number of hydrogen-bond acceptors (Lipinski definition) is 6. The van der Waals surface area contributed by atoms with Crippen molar-refractivity contribution in [3.05, 3.63) is 64.0 Å². The molecule has 2 aromatic rings. The SMILES string of the molecule is COc1ccc(C(=O)O[C@H](C)C(=O)Nc2ccccc2[N+](=O)[O-])cc1F. The van der Waals surface area contributed by atoms with Crippen molar-refractivity contribution in [1.29, 1.82) is 0 Å². The van der Waals surface area contributed by atoms with Crippen molar-refractivity contribution in [2.75, 3.05) is 12.4 Å². The Morgan fingerprint density at radius 1 is 1.23 bits per heavy atom. The molecule has 0 heterocycles. The van der Waals surface area contributed by atoms with Gasteiger partial charge >= 0.3 is 5.97 Å². The van der Waals surface area contributed by atoms with E-state index < -0.39 is 28.7 Å². The number of carbonyl (C=O) groups is 2. The van der Waals surface area contributed by atoms with Crippen molar-refractivity contribution in [2.45, 2.75) is 13.0 Å². The van der Waals surface area contributed by atoms with Gasteiger partial charge in [-0.15, -0.1) is 0 Å². The third-order valence-electron chi connectivity index (χ3n) is 3.40. The molecule has 26 heavy (non-hydrogen) atoms. The van der Waals surface area contributed by atoms with Gasteiger partial charge in [-0.3, -0.25) is 14.9 Å². The van der Waals surface area contributed by atoms with Gasteiger partial charge in [0.15, 0.2) is 17.7 Å².